The van der Waals surface area contributed by atoms with Crippen molar-refractivity contribution in [1.82, 2.24) is 8.87 Å². The van der Waals surface area contributed by atoms with Gasteiger partial charge in [0.05, 0.1) is 5.56 Å². The Bertz CT molecular complexity index is 1040. The number of aryl methyl sites for hydroxylation is 1. The van der Waals surface area contributed by atoms with Gasteiger partial charge in [0.1, 0.15) is 10.6 Å². The van der Waals surface area contributed by atoms with Gasteiger partial charge in [0.2, 0.25) is 10.0 Å². The van der Waals surface area contributed by atoms with Crippen LogP contribution < -0.4 is 5.32 Å². The van der Waals surface area contributed by atoms with Crippen molar-refractivity contribution < 1.29 is 35.9 Å². The van der Waals surface area contributed by atoms with E-state index >= 15 is 0 Å². The van der Waals surface area contributed by atoms with Crippen LogP contribution in [0.3, 0.4) is 0 Å². The van der Waals surface area contributed by atoms with E-state index in [0.717, 1.165) is 30.3 Å². The highest BCUT2D eigenvalue weighted by molar-refractivity contribution is 7.89. The molecule has 0 aliphatic carbocycles. The average molecular weight is 461 g/mol. The van der Waals surface area contributed by atoms with Crippen molar-refractivity contribution in [3.05, 3.63) is 47.8 Å². The van der Waals surface area contributed by atoms with E-state index in [1.54, 1.807) is 13.8 Å². The van der Waals surface area contributed by atoms with Crippen molar-refractivity contribution in [2.75, 3.05) is 25.0 Å². The molecule has 170 valence electrons. The normalized spacial score (nSPS) is 12.1. The molecular weight excluding hydrogens is 439 g/mol. The molecule has 12 heteroatoms. The predicted octanol–water partition coefficient (Wildman–Crippen LogP) is 2.87. The molecule has 1 heterocycles. The second kappa shape index (κ2) is 9.52. The molecule has 1 N–H and O–H groups in total. The standard InChI is InChI=1S/C19H22F3N3O5S/c1-4-25(5-2)31(28,29)15-10-16(24(3)11-15)18(27)30-12-17(26)23-14-8-6-13(7-9-14)19(20,21)22/h6-11H,4-5,12H2,1-3H3,(H,23,26). The summed E-state index contributed by atoms with van der Waals surface area (Å²) in [6.07, 6.45) is -3.22. The number of carbonyl (C=O) groups excluding carboxylic acids is 2. The maximum atomic E-state index is 12.6. The second-order valence-corrected chi connectivity index (χ2v) is 8.40. The number of halogens is 3. The minimum absolute atomic E-state index is 0.0759. The zero-order chi connectivity index (χ0) is 23.4. The largest absolute Gasteiger partial charge is 0.451 e. The maximum Gasteiger partial charge on any atom is 0.416 e. The Labute approximate surface area is 177 Å². The summed E-state index contributed by atoms with van der Waals surface area (Å²) in [4.78, 5) is 24.1. The maximum absolute atomic E-state index is 12.6. The third kappa shape index (κ3) is 5.85. The SMILES string of the molecule is CCN(CC)S(=O)(=O)c1cc(C(=O)OCC(=O)Nc2ccc(C(F)(F)F)cc2)n(C)c1. The van der Waals surface area contributed by atoms with Crippen LogP contribution in [0.2, 0.25) is 0 Å². The van der Waals surface area contributed by atoms with Gasteiger partial charge in [-0.15, -0.1) is 0 Å². The van der Waals surface area contributed by atoms with Gasteiger partial charge in [-0.25, -0.2) is 13.2 Å². The summed E-state index contributed by atoms with van der Waals surface area (Å²) in [6, 6.07) is 4.92. The summed E-state index contributed by atoms with van der Waals surface area (Å²) in [6.45, 7) is 3.20. The van der Waals surface area contributed by atoms with Crippen molar-refractivity contribution in [2.24, 2.45) is 7.05 Å². The van der Waals surface area contributed by atoms with Gasteiger partial charge in [-0.3, -0.25) is 4.79 Å². The van der Waals surface area contributed by atoms with Gasteiger partial charge < -0.3 is 14.6 Å². The Morgan fingerprint density at radius 2 is 1.71 bits per heavy atom. The first-order valence-corrected chi connectivity index (χ1v) is 10.6. The zero-order valence-electron chi connectivity index (χ0n) is 17.1. The summed E-state index contributed by atoms with van der Waals surface area (Å²) >= 11 is 0. The molecule has 0 spiro atoms. The number of aromatic nitrogens is 1. The number of esters is 1. The van der Waals surface area contributed by atoms with Crippen molar-refractivity contribution in [2.45, 2.75) is 24.9 Å². The van der Waals surface area contributed by atoms with Gasteiger partial charge in [-0.2, -0.15) is 17.5 Å². The molecule has 2 aromatic rings. The Balaban J connectivity index is 2.01. The van der Waals surface area contributed by atoms with Gasteiger partial charge in [-0.1, -0.05) is 13.8 Å². The highest BCUT2D eigenvalue weighted by Crippen LogP contribution is 2.29. The summed E-state index contributed by atoms with van der Waals surface area (Å²) in [7, 11) is -2.32. The van der Waals surface area contributed by atoms with Crippen LogP contribution in [0.15, 0.2) is 41.4 Å². The van der Waals surface area contributed by atoms with Crippen LogP contribution in [0.5, 0.6) is 0 Å². The smallest absolute Gasteiger partial charge is 0.416 e. The number of hydrogen-bond donors (Lipinski definition) is 1. The molecule has 0 aliphatic heterocycles. The van der Waals surface area contributed by atoms with Crippen molar-refractivity contribution in [3.8, 4) is 0 Å². The predicted molar refractivity (Wildman–Crippen MR) is 106 cm³/mol. The average Bonchev–Trinajstić information content (AvgIpc) is 3.09. The van der Waals surface area contributed by atoms with E-state index in [1.165, 1.54) is 22.1 Å². The number of benzene rings is 1. The van der Waals surface area contributed by atoms with Crippen LogP contribution in [0.4, 0.5) is 18.9 Å². The van der Waals surface area contributed by atoms with E-state index in [1.807, 2.05) is 0 Å². The van der Waals surface area contributed by atoms with E-state index < -0.39 is 40.2 Å². The number of anilines is 1. The summed E-state index contributed by atoms with van der Waals surface area (Å²) in [5.41, 5.74) is -0.843. The van der Waals surface area contributed by atoms with E-state index in [-0.39, 0.29) is 29.4 Å². The first-order chi connectivity index (χ1) is 14.4. The molecule has 0 atom stereocenters. The lowest BCUT2D eigenvalue weighted by molar-refractivity contribution is -0.137. The number of sulfonamides is 1. The minimum atomic E-state index is -4.50. The molecule has 0 saturated carbocycles. The number of ether oxygens (including phenoxy) is 1. The highest BCUT2D eigenvalue weighted by Gasteiger charge is 2.30. The van der Waals surface area contributed by atoms with E-state index in [0.29, 0.717) is 0 Å². The molecule has 1 amide bonds. The Morgan fingerprint density at radius 3 is 2.23 bits per heavy atom. The number of nitrogens with one attached hydrogen (secondary N) is 1. The van der Waals surface area contributed by atoms with Gasteiger partial charge in [0.25, 0.3) is 5.91 Å². The first-order valence-electron chi connectivity index (χ1n) is 9.20. The van der Waals surface area contributed by atoms with Crippen molar-refractivity contribution in [3.63, 3.8) is 0 Å². The molecule has 0 aliphatic rings. The number of rotatable bonds is 8. The van der Waals surface area contributed by atoms with E-state index in [9.17, 15) is 31.2 Å². The van der Waals surface area contributed by atoms with Crippen molar-refractivity contribution in [1.29, 1.82) is 0 Å². The first kappa shape index (κ1) is 24.4. The molecule has 0 bridgehead atoms. The van der Waals surface area contributed by atoms with Gasteiger partial charge >= 0.3 is 12.1 Å². The fourth-order valence-electron chi connectivity index (χ4n) is 2.74. The van der Waals surface area contributed by atoms with Gasteiger partial charge in [0.15, 0.2) is 6.61 Å². The minimum Gasteiger partial charge on any atom is -0.451 e. The molecule has 0 radical (unpaired) electrons. The summed E-state index contributed by atoms with van der Waals surface area (Å²) in [5, 5.41) is 2.31. The molecule has 1 aromatic carbocycles. The molecule has 0 fully saturated rings. The number of hydrogen-bond acceptors (Lipinski definition) is 5. The van der Waals surface area contributed by atoms with Crippen LogP contribution in [0.1, 0.15) is 29.9 Å². The molecule has 31 heavy (non-hydrogen) atoms. The van der Waals surface area contributed by atoms with Crippen LogP contribution in [-0.2, 0) is 32.8 Å². The Morgan fingerprint density at radius 1 is 1.13 bits per heavy atom. The van der Waals surface area contributed by atoms with E-state index in [2.05, 4.69) is 5.32 Å². The van der Waals surface area contributed by atoms with Gasteiger partial charge in [0, 0.05) is 32.0 Å². The number of nitrogens with zero attached hydrogens (tertiary/aromatic N) is 2. The number of alkyl halides is 3. The molecule has 0 saturated heterocycles. The Kier molecular flexibility index (Phi) is 7.49. The van der Waals surface area contributed by atoms with Gasteiger partial charge in [-0.05, 0) is 30.3 Å². The number of carbonyl (C=O) groups is 2. The van der Waals surface area contributed by atoms with Crippen LogP contribution >= 0.6 is 0 Å². The topological polar surface area (TPSA) is 97.7 Å². The molecule has 8 nitrogen and oxygen atoms in total. The monoisotopic (exact) mass is 461 g/mol. The van der Waals surface area contributed by atoms with Crippen LogP contribution in [0.25, 0.3) is 0 Å². The molecule has 1 aromatic heterocycles. The van der Waals surface area contributed by atoms with Crippen LogP contribution in [-0.4, -0.2) is 48.9 Å². The molecular formula is C19H22F3N3O5S. The third-order valence-corrected chi connectivity index (χ3v) is 6.38. The van der Waals surface area contributed by atoms with Crippen LogP contribution in [0, 0.1) is 0 Å². The fraction of sp³-hybridized carbons (Fsp3) is 0.368. The quantitative estimate of drug-likeness (QED) is 0.610. The summed E-state index contributed by atoms with van der Waals surface area (Å²) in [5.74, 6) is -1.69. The Hall–Kier alpha value is -2.86. The zero-order valence-corrected chi connectivity index (χ0v) is 17.9. The lowest BCUT2D eigenvalue weighted by Crippen LogP contribution is -2.30. The summed E-state index contributed by atoms with van der Waals surface area (Å²) < 4.78 is 70.2. The lowest BCUT2D eigenvalue weighted by atomic mass is 10.2. The molecule has 0 unspecified atom stereocenters. The number of amides is 1. The van der Waals surface area contributed by atoms with Crippen molar-refractivity contribution >= 4 is 27.6 Å². The lowest BCUT2D eigenvalue weighted by Gasteiger charge is -2.17. The third-order valence-electron chi connectivity index (χ3n) is 4.36. The molecule has 2 rings (SSSR count). The second-order valence-electron chi connectivity index (χ2n) is 6.46. The van der Waals surface area contributed by atoms with E-state index in [4.69, 9.17) is 4.74 Å². The fourth-order valence-corrected chi connectivity index (χ4v) is 4.27. The highest BCUT2D eigenvalue weighted by atomic mass is 32.2.